The van der Waals surface area contributed by atoms with Gasteiger partial charge in [0.2, 0.25) is 6.10 Å². The molecule has 1 atom stereocenters. The van der Waals surface area contributed by atoms with Crippen molar-refractivity contribution in [3.63, 3.8) is 0 Å². The number of esters is 1. The monoisotopic (exact) mass is 377 g/mol. The third kappa shape index (κ3) is 5.08. The molecule has 130 valence electrons. The van der Waals surface area contributed by atoms with Crippen molar-refractivity contribution in [1.82, 2.24) is 4.90 Å². The van der Waals surface area contributed by atoms with Crippen LogP contribution in [0.5, 0.6) is 0 Å². The van der Waals surface area contributed by atoms with Crippen molar-refractivity contribution in [3.05, 3.63) is 75.8 Å². The molecule has 0 saturated heterocycles. The number of carbonyl (C=O) groups excluding carboxylic acids is 2. The molecular weight excluding hydrogens is 361 g/mol. The highest BCUT2D eigenvalue weighted by molar-refractivity contribution is 6.37. The third-order valence-electron chi connectivity index (χ3n) is 3.39. The van der Waals surface area contributed by atoms with E-state index in [-0.39, 0.29) is 5.91 Å². The molecule has 0 unspecified atom stereocenters. The van der Waals surface area contributed by atoms with Crippen molar-refractivity contribution in [1.29, 1.82) is 0 Å². The Bertz CT molecular complexity index is 768. The molecule has 25 heavy (non-hydrogen) atoms. The molecule has 0 saturated carbocycles. The molecule has 0 spiro atoms. The van der Waals surface area contributed by atoms with E-state index in [0.717, 1.165) is 0 Å². The van der Waals surface area contributed by atoms with E-state index in [4.69, 9.17) is 27.9 Å². The molecule has 0 aromatic heterocycles. The summed E-state index contributed by atoms with van der Waals surface area (Å²) in [5.41, 5.74) is 1.11. The Labute approximate surface area is 156 Å². The molecule has 4 nitrogen and oxygen atoms in total. The van der Waals surface area contributed by atoms with Gasteiger partial charge < -0.3 is 9.64 Å². The summed E-state index contributed by atoms with van der Waals surface area (Å²) < 4.78 is 5.36. The first-order chi connectivity index (χ1) is 11.9. The van der Waals surface area contributed by atoms with E-state index in [2.05, 4.69) is 0 Å². The first kappa shape index (κ1) is 19.0. The Kier molecular flexibility index (Phi) is 6.62. The summed E-state index contributed by atoms with van der Waals surface area (Å²) in [6.07, 6.45) is 1.65. The SMILES string of the molecule is CN(C)C(=O)[C@@H](OC(=O)/C=C/c1c(Cl)cccc1Cl)c1ccccc1. The summed E-state index contributed by atoms with van der Waals surface area (Å²) in [6.45, 7) is 0. The van der Waals surface area contributed by atoms with Gasteiger partial charge in [0.15, 0.2) is 0 Å². The van der Waals surface area contributed by atoms with Crippen LogP contribution in [-0.4, -0.2) is 30.9 Å². The van der Waals surface area contributed by atoms with Gasteiger partial charge in [-0.25, -0.2) is 4.79 Å². The van der Waals surface area contributed by atoms with Crippen LogP contribution in [0.3, 0.4) is 0 Å². The molecule has 0 radical (unpaired) electrons. The van der Waals surface area contributed by atoms with E-state index in [1.54, 1.807) is 56.6 Å². The molecule has 2 aromatic carbocycles. The summed E-state index contributed by atoms with van der Waals surface area (Å²) in [5.74, 6) is -0.997. The van der Waals surface area contributed by atoms with Crippen molar-refractivity contribution in [2.24, 2.45) is 0 Å². The van der Waals surface area contributed by atoms with Gasteiger partial charge in [-0.05, 0) is 18.2 Å². The smallest absolute Gasteiger partial charge is 0.331 e. The number of amides is 1. The molecule has 2 rings (SSSR count). The maximum absolute atomic E-state index is 12.3. The minimum absolute atomic E-state index is 0.330. The van der Waals surface area contributed by atoms with Crippen LogP contribution in [0.2, 0.25) is 10.0 Å². The fraction of sp³-hybridized carbons (Fsp3) is 0.158. The summed E-state index contributed by atoms with van der Waals surface area (Å²) in [5, 5.41) is 0.834. The number of hydrogen-bond donors (Lipinski definition) is 0. The van der Waals surface area contributed by atoms with Crippen molar-refractivity contribution < 1.29 is 14.3 Å². The fourth-order valence-corrected chi connectivity index (χ4v) is 2.62. The van der Waals surface area contributed by atoms with Crippen molar-refractivity contribution in [2.75, 3.05) is 14.1 Å². The van der Waals surface area contributed by atoms with E-state index < -0.39 is 12.1 Å². The highest BCUT2D eigenvalue weighted by Crippen LogP contribution is 2.26. The van der Waals surface area contributed by atoms with E-state index in [1.165, 1.54) is 17.1 Å². The molecule has 0 heterocycles. The zero-order valence-electron chi connectivity index (χ0n) is 13.8. The van der Waals surface area contributed by atoms with Crippen LogP contribution in [0, 0.1) is 0 Å². The molecule has 0 aliphatic heterocycles. The van der Waals surface area contributed by atoms with Crippen LogP contribution < -0.4 is 0 Å². The highest BCUT2D eigenvalue weighted by atomic mass is 35.5. The fourth-order valence-electron chi connectivity index (χ4n) is 2.10. The van der Waals surface area contributed by atoms with E-state index in [0.29, 0.717) is 21.2 Å². The lowest BCUT2D eigenvalue weighted by Gasteiger charge is -2.20. The maximum atomic E-state index is 12.3. The zero-order chi connectivity index (χ0) is 18.4. The van der Waals surface area contributed by atoms with Gasteiger partial charge in [-0.3, -0.25) is 4.79 Å². The summed E-state index contributed by atoms with van der Waals surface area (Å²) >= 11 is 12.1. The van der Waals surface area contributed by atoms with Gasteiger partial charge in [0, 0.05) is 41.3 Å². The molecule has 1 amide bonds. The van der Waals surface area contributed by atoms with Gasteiger partial charge in [-0.15, -0.1) is 0 Å². The van der Waals surface area contributed by atoms with Gasteiger partial charge >= 0.3 is 5.97 Å². The van der Waals surface area contributed by atoms with Crippen molar-refractivity contribution in [3.8, 4) is 0 Å². The van der Waals surface area contributed by atoms with E-state index in [1.807, 2.05) is 6.07 Å². The minimum Gasteiger partial charge on any atom is -0.444 e. The Morgan fingerprint density at radius 1 is 1.00 bits per heavy atom. The second-order valence-electron chi connectivity index (χ2n) is 5.43. The first-order valence-electron chi connectivity index (χ1n) is 7.49. The molecule has 0 bridgehead atoms. The largest absolute Gasteiger partial charge is 0.444 e. The summed E-state index contributed by atoms with van der Waals surface area (Å²) in [7, 11) is 3.21. The number of carbonyl (C=O) groups is 2. The number of halogens is 2. The standard InChI is InChI=1S/C19H17Cl2NO3/c1-22(2)19(24)18(13-7-4-3-5-8-13)25-17(23)12-11-14-15(20)9-6-10-16(14)21/h3-12,18H,1-2H3/b12-11+/t18-/m0/s1. The van der Waals surface area contributed by atoms with Crippen molar-refractivity contribution in [2.45, 2.75) is 6.10 Å². The number of hydrogen-bond acceptors (Lipinski definition) is 3. The normalized spacial score (nSPS) is 12.0. The summed E-state index contributed by atoms with van der Waals surface area (Å²) in [4.78, 5) is 25.9. The van der Waals surface area contributed by atoms with Gasteiger partial charge in [-0.2, -0.15) is 0 Å². The van der Waals surface area contributed by atoms with E-state index in [9.17, 15) is 9.59 Å². The lowest BCUT2D eigenvalue weighted by atomic mass is 10.1. The molecule has 0 aliphatic rings. The minimum atomic E-state index is -1.02. The second-order valence-corrected chi connectivity index (χ2v) is 6.24. The highest BCUT2D eigenvalue weighted by Gasteiger charge is 2.25. The van der Waals surface area contributed by atoms with Crippen LogP contribution >= 0.6 is 23.2 Å². The van der Waals surface area contributed by atoms with Gasteiger partial charge in [0.1, 0.15) is 0 Å². The van der Waals surface area contributed by atoms with Gasteiger partial charge in [-0.1, -0.05) is 59.6 Å². The predicted molar refractivity (Wildman–Crippen MR) is 99.5 cm³/mol. The molecule has 0 N–H and O–H groups in total. The Morgan fingerprint density at radius 3 is 2.16 bits per heavy atom. The van der Waals surface area contributed by atoms with Crippen molar-refractivity contribution >= 4 is 41.2 Å². The molecule has 6 heteroatoms. The lowest BCUT2D eigenvalue weighted by Crippen LogP contribution is -2.30. The van der Waals surface area contributed by atoms with Gasteiger partial charge in [0.25, 0.3) is 5.91 Å². The number of rotatable bonds is 5. The Hall–Kier alpha value is -2.30. The lowest BCUT2D eigenvalue weighted by molar-refractivity contribution is -0.155. The predicted octanol–water partition coefficient (Wildman–Crippen LogP) is 4.38. The number of nitrogens with zero attached hydrogens (tertiary/aromatic N) is 1. The van der Waals surface area contributed by atoms with Crippen LogP contribution in [0.25, 0.3) is 6.08 Å². The van der Waals surface area contributed by atoms with Crippen LogP contribution in [-0.2, 0) is 14.3 Å². The topological polar surface area (TPSA) is 46.6 Å². The Morgan fingerprint density at radius 2 is 1.60 bits per heavy atom. The first-order valence-corrected chi connectivity index (χ1v) is 8.24. The number of likely N-dealkylation sites (N-methyl/N-ethyl adjacent to an activating group) is 1. The summed E-state index contributed by atoms with van der Waals surface area (Å²) in [6, 6.07) is 13.9. The molecule has 0 aliphatic carbocycles. The number of benzene rings is 2. The zero-order valence-corrected chi connectivity index (χ0v) is 15.3. The van der Waals surface area contributed by atoms with Gasteiger partial charge in [0.05, 0.1) is 0 Å². The average molecular weight is 378 g/mol. The third-order valence-corrected chi connectivity index (χ3v) is 4.05. The van der Waals surface area contributed by atoms with Crippen LogP contribution in [0.15, 0.2) is 54.6 Å². The van der Waals surface area contributed by atoms with Crippen LogP contribution in [0.1, 0.15) is 17.2 Å². The second kappa shape index (κ2) is 8.70. The Balaban J connectivity index is 2.20. The maximum Gasteiger partial charge on any atom is 0.331 e. The average Bonchev–Trinajstić information content (AvgIpc) is 2.59. The number of ether oxygens (including phenoxy) is 1. The van der Waals surface area contributed by atoms with E-state index >= 15 is 0 Å². The van der Waals surface area contributed by atoms with Crippen LogP contribution in [0.4, 0.5) is 0 Å². The quantitative estimate of drug-likeness (QED) is 0.573. The molecule has 2 aromatic rings. The molecule has 0 fully saturated rings. The molecular formula is C19H17Cl2NO3.